The van der Waals surface area contributed by atoms with E-state index in [4.69, 9.17) is 4.42 Å². The fraction of sp³-hybridized carbons (Fsp3) is 0.300. The van der Waals surface area contributed by atoms with Gasteiger partial charge in [0.25, 0.3) is 6.01 Å². The van der Waals surface area contributed by atoms with Crippen molar-refractivity contribution < 1.29 is 13.6 Å². The van der Waals surface area contributed by atoms with Crippen LogP contribution >= 0.6 is 0 Å². The van der Waals surface area contributed by atoms with Crippen molar-refractivity contribution in [2.45, 2.75) is 25.3 Å². The molecule has 2 aromatic heterocycles. The summed E-state index contributed by atoms with van der Waals surface area (Å²) in [6.45, 7) is 3.01. The quantitative estimate of drug-likeness (QED) is 0.702. The smallest absolute Gasteiger partial charge is 0.298 e. The zero-order chi connectivity index (χ0) is 20.0. The van der Waals surface area contributed by atoms with Crippen LogP contribution in [0.15, 0.2) is 41.1 Å². The van der Waals surface area contributed by atoms with Crippen molar-refractivity contribution in [2.75, 3.05) is 23.3 Å². The van der Waals surface area contributed by atoms with E-state index in [1.54, 1.807) is 24.4 Å². The van der Waals surface area contributed by atoms with Crippen LogP contribution < -0.4 is 15.5 Å². The van der Waals surface area contributed by atoms with Gasteiger partial charge in [0.1, 0.15) is 11.4 Å². The van der Waals surface area contributed by atoms with Crippen LogP contribution in [0.4, 0.5) is 22.0 Å². The van der Waals surface area contributed by atoms with E-state index in [9.17, 15) is 9.18 Å². The maximum atomic E-state index is 14.5. The number of carbonyl (C=O) groups excluding carboxylic acids is 1. The van der Waals surface area contributed by atoms with E-state index >= 15 is 0 Å². The largest absolute Gasteiger partial charge is 0.423 e. The lowest BCUT2D eigenvalue weighted by molar-refractivity contribution is -0.124. The molecule has 3 aromatic rings. The molecule has 1 aromatic carbocycles. The number of piperazine rings is 1. The first-order valence-electron chi connectivity index (χ1n) is 9.43. The van der Waals surface area contributed by atoms with Crippen molar-refractivity contribution in [1.29, 1.82) is 0 Å². The third-order valence-corrected chi connectivity index (χ3v) is 5.29. The molecule has 1 aliphatic carbocycles. The molecule has 5 rings (SSSR count). The third kappa shape index (κ3) is 3.08. The number of rotatable bonds is 4. The zero-order valence-corrected chi connectivity index (χ0v) is 15.8. The Bertz CT molecular complexity index is 1090. The van der Waals surface area contributed by atoms with Gasteiger partial charge in [0.2, 0.25) is 11.9 Å². The highest BCUT2D eigenvalue weighted by atomic mass is 19.1. The molecular weight excluding hydrogens is 375 g/mol. The summed E-state index contributed by atoms with van der Waals surface area (Å²) in [7, 11) is 0. The monoisotopic (exact) mass is 394 g/mol. The molecule has 2 N–H and O–H groups in total. The molecule has 0 radical (unpaired) electrons. The summed E-state index contributed by atoms with van der Waals surface area (Å²) in [5.41, 5.74) is 1.16. The van der Waals surface area contributed by atoms with Crippen molar-refractivity contribution in [3.63, 3.8) is 0 Å². The minimum Gasteiger partial charge on any atom is -0.423 e. The second-order valence-corrected chi connectivity index (χ2v) is 7.29. The van der Waals surface area contributed by atoms with E-state index in [1.807, 2.05) is 11.8 Å². The average molecular weight is 394 g/mol. The predicted octanol–water partition coefficient (Wildman–Crippen LogP) is 2.79. The topological polar surface area (TPSA) is 96.2 Å². The van der Waals surface area contributed by atoms with Crippen LogP contribution in [0.5, 0.6) is 0 Å². The Balaban J connectivity index is 1.43. The summed E-state index contributed by atoms with van der Waals surface area (Å²) in [6, 6.07) is 6.72. The fourth-order valence-electron chi connectivity index (χ4n) is 3.62. The molecule has 1 aliphatic heterocycles. The molecule has 0 bridgehead atoms. The molecule has 0 atom stereocenters. The van der Waals surface area contributed by atoms with Crippen molar-refractivity contribution in [2.24, 2.45) is 0 Å². The first-order valence-corrected chi connectivity index (χ1v) is 9.43. The van der Waals surface area contributed by atoms with Gasteiger partial charge in [0, 0.05) is 30.7 Å². The summed E-state index contributed by atoms with van der Waals surface area (Å²) in [6.07, 6.45) is 4.67. The van der Waals surface area contributed by atoms with Crippen LogP contribution in [-0.2, 0) is 4.79 Å². The summed E-state index contributed by atoms with van der Waals surface area (Å²) in [4.78, 5) is 26.9. The number of carbonyl (C=O) groups is 1. The molecule has 8 nitrogen and oxygen atoms in total. The lowest BCUT2D eigenvalue weighted by Crippen LogP contribution is -2.57. The van der Waals surface area contributed by atoms with Gasteiger partial charge in [0.05, 0.1) is 11.8 Å². The normalized spacial score (nSPS) is 17.3. The molecule has 3 heterocycles. The molecule has 2 fully saturated rings. The number of aromatic nitrogens is 3. The first-order chi connectivity index (χ1) is 14.0. The van der Waals surface area contributed by atoms with Gasteiger partial charge in [-0.3, -0.25) is 4.79 Å². The standard InChI is InChI=1S/C20H19FN6O2/c1-12-4-7-23-18(25-12)26-13-2-3-15(21)14(10-13)16-11-24-19(29-16)27-9-8-22-17(28)20(27)5-6-20/h2-4,7,10-11H,5-6,8-9H2,1H3,(H,22,28)(H,23,25,26). The summed E-state index contributed by atoms with van der Waals surface area (Å²) in [5, 5.41) is 5.95. The van der Waals surface area contributed by atoms with Crippen molar-refractivity contribution in [3.8, 4) is 11.3 Å². The maximum Gasteiger partial charge on any atom is 0.298 e. The number of amides is 1. The van der Waals surface area contributed by atoms with Gasteiger partial charge >= 0.3 is 0 Å². The SMILES string of the molecule is Cc1ccnc(Nc2ccc(F)c(-c3cnc(N4CCNC(=O)C45CC5)o3)c2)n1. The zero-order valence-electron chi connectivity index (χ0n) is 15.8. The van der Waals surface area contributed by atoms with E-state index in [1.165, 1.54) is 12.3 Å². The lowest BCUT2D eigenvalue weighted by atomic mass is 10.1. The van der Waals surface area contributed by atoms with Crippen molar-refractivity contribution >= 4 is 23.6 Å². The van der Waals surface area contributed by atoms with Crippen LogP contribution in [-0.4, -0.2) is 39.5 Å². The number of nitrogens with zero attached hydrogens (tertiary/aromatic N) is 4. The summed E-state index contributed by atoms with van der Waals surface area (Å²) >= 11 is 0. The summed E-state index contributed by atoms with van der Waals surface area (Å²) in [5.74, 6) is 0.295. The Labute approximate surface area is 166 Å². The Morgan fingerprint density at radius 2 is 2.14 bits per heavy atom. The van der Waals surface area contributed by atoms with Gasteiger partial charge in [-0.25, -0.2) is 19.3 Å². The number of hydrogen-bond donors (Lipinski definition) is 2. The number of halogens is 1. The number of hydrogen-bond acceptors (Lipinski definition) is 7. The molecule has 148 valence electrons. The van der Waals surface area contributed by atoms with Gasteiger partial charge in [0.15, 0.2) is 5.76 Å². The number of nitrogens with one attached hydrogen (secondary N) is 2. The van der Waals surface area contributed by atoms with Gasteiger partial charge in [-0.1, -0.05) is 0 Å². The minimum absolute atomic E-state index is 0.000896. The molecule has 0 unspecified atom stereocenters. The van der Waals surface area contributed by atoms with Gasteiger partial charge in [-0.15, -0.1) is 0 Å². The molecule has 9 heteroatoms. The maximum absolute atomic E-state index is 14.5. The molecule has 1 saturated heterocycles. The second kappa shape index (κ2) is 6.54. The number of aryl methyl sites for hydroxylation is 1. The van der Waals surface area contributed by atoms with E-state index in [-0.39, 0.29) is 11.5 Å². The predicted molar refractivity (Wildman–Crippen MR) is 104 cm³/mol. The lowest BCUT2D eigenvalue weighted by Gasteiger charge is -2.34. The number of benzene rings is 1. The summed E-state index contributed by atoms with van der Waals surface area (Å²) < 4.78 is 20.4. The highest BCUT2D eigenvalue weighted by molar-refractivity contribution is 5.93. The van der Waals surface area contributed by atoms with Gasteiger partial charge in [-0.2, -0.15) is 0 Å². The minimum atomic E-state index is -0.565. The second-order valence-electron chi connectivity index (χ2n) is 7.29. The fourth-order valence-corrected chi connectivity index (χ4v) is 3.62. The molecule has 2 aliphatic rings. The van der Waals surface area contributed by atoms with E-state index < -0.39 is 11.4 Å². The van der Waals surface area contributed by atoms with Crippen LogP contribution in [0.1, 0.15) is 18.5 Å². The first kappa shape index (κ1) is 17.6. The van der Waals surface area contributed by atoms with Crippen LogP contribution in [0, 0.1) is 12.7 Å². The Morgan fingerprint density at radius 1 is 1.28 bits per heavy atom. The van der Waals surface area contributed by atoms with E-state index in [0.717, 1.165) is 18.5 Å². The molecule has 29 heavy (non-hydrogen) atoms. The molecule has 1 spiro atoms. The van der Waals surface area contributed by atoms with E-state index in [2.05, 4.69) is 25.6 Å². The molecule has 1 saturated carbocycles. The van der Waals surface area contributed by atoms with Crippen molar-refractivity contribution in [1.82, 2.24) is 20.3 Å². The highest BCUT2D eigenvalue weighted by Crippen LogP contribution is 2.45. The van der Waals surface area contributed by atoms with E-state index in [0.29, 0.717) is 36.5 Å². The van der Waals surface area contributed by atoms with Crippen LogP contribution in [0.3, 0.4) is 0 Å². The van der Waals surface area contributed by atoms with Gasteiger partial charge < -0.3 is 20.0 Å². The third-order valence-electron chi connectivity index (χ3n) is 5.29. The number of oxazole rings is 1. The highest BCUT2D eigenvalue weighted by Gasteiger charge is 2.57. The number of anilines is 3. The molecule has 1 amide bonds. The Morgan fingerprint density at radius 3 is 2.93 bits per heavy atom. The molecular formula is C20H19FN6O2. The average Bonchev–Trinajstić information content (AvgIpc) is 3.34. The van der Waals surface area contributed by atoms with Crippen LogP contribution in [0.2, 0.25) is 0 Å². The van der Waals surface area contributed by atoms with Crippen LogP contribution in [0.25, 0.3) is 11.3 Å². The Hall–Kier alpha value is -3.49. The van der Waals surface area contributed by atoms with Gasteiger partial charge in [-0.05, 0) is 44.0 Å². The Kier molecular flexibility index (Phi) is 3.97. The van der Waals surface area contributed by atoms with Crippen molar-refractivity contribution in [3.05, 3.63) is 48.2 Å².